The van der Waals surface area contributed by atoms with E-state index in [1.807, 2.05) is 18.7 Å². The van der Waals surface area contributed by atoms with Crippen LogP contribution < -0.4 is 15.6 Å². The molecule has 1 aromatic rings. The Kier molecular flexibility index (Phi) is 10.8. The molecular formula is C33H53N7O3. The first-order valence-electron chi connectivity index (χ1n) is 16.7. The number of fused-ring (bicyclic) bond motifs is 3. The zero-order chi connectivity index (χ0) is 30.3. The van der Waals surface area contributed by atoms with Gasteiger partial charge in [-0.15, -0.1) is 0 Å². The van der Waals surface area contributed by atoms with E-state index < -0.39 is 0 Å². The van der Waals surface area contributed by atoms with Crippen molar-refractivity contribution in [3.05, 3.63) is 29.8 Å². The SMILES string of the molecule is Cc1cccc(N2CCN(CCCNC(=O)CCC3=NNC4N(CCCOC(C)C)C(=O)C5CCCCC5N34)CC2C)c1. The van der Waals surface area contributed by atoms with Gasteiger partial charge in [0.15, 0.2) is 6.29 Å². The largest absolute Gasteiger partial charge is 0.379 e. The second-order valence-corrected chi connectivity index (χ2v) is 13.1. The lowest BCUT2D eigenvalue weighted by Crippen LogP contribution is -2.67. The highest BCUT2D eigenvalue weighted by molar-refractivity contribution is 5.91. The highest BCUT2D eigenvalue weighted by Crippen LogP contribution is 2.37. The fraction of sp³-hybridized carbons (Fsp3) is 0.727. The molecule has 10 heteroatoms. The highest BCUT2D eigenvalue weighted by atomic mass is 16.5. The van der Waals surface area contributed by atoms with E-state index in [-0.39, 0.29) is 36.2 Å². The van der Waals surface area contributed by atoms with Crippen LogP contribution in [0, 0.1) is 12.8 Å². The van der Waals surface area contributed by atoms with Crippen LogP contribution in [0.2, 0.25) is 0 Å². The van der Waals surface area contributed by atoms with Gasteiger partial charge in [-0.05, 0) is 77.6 Å². The summed E-state index contributed by atoms with van der Waals surface area (Å²) in [6.45, 7) is 14.6. The Bertz CT molecular complexity index is 1130. The summed E-state index contributed by atoms with van der Waals surface area (Å²) in [6, 6.07) is 9.40. The molecule has 3 heterocycles. The molecule has 1 saturated carbocycles. The topological polar surface area (TPSA) is 92.7 Å². The van der Waals surface area contributed by atoms with Crippen molar-refractivity contribution in [3.8, 4) is 0 Å². The quantitative estimate of drug-likeness (QED) is 0.337. The molecule has 1 aromatic carbocycles. The van der Waals surface area contributed by atoms with Crippen molar-refractivity contribution in [2.45, 2.75) is 104 Å². The molecule has 10 nitrogen and oxygen atoms in total. The number of benzene rings is 1. The van der Waals surface area contributed by atoms with Gasteiger partial charge in [0.25, 0.3) is 0 Å². The Morgan fingerprint density at radius 3 is 2.79 bits per heavy atom. The predicted octanol–water partition coefficient (Wildman–Crippen LogP) is 3.51. The third kappa shape index (κ3) is 7.81. The summed E-state index contributed by atoms with van der Waals surface area (Å²) in [5, 5.41) is 7.80. The van der Waals surface area contributed by atoms with E-state index in [1.54, 1.807) is 0 Å². The maximum Gasteiger partial charge on any atom is 0.230 e. The standard InChI is InChI=1S/C33H53N7O3/c1-24(2)43-21-9-18-39-32(42)28-12-5-6-13-29(28)40-30(35-36-33(39)40)14-15-31(41)34-16-8-17-37-19-20-38(26(4)23-37)27-11-7-10-25(3)22-27/h7,10-11,22,24,26,28-29,33,36H,5-6,8-9,12-21,23H2,1-4H3,(H,34,41). The summed E-state index contributed by atoms with van der Waals surface area (Å²) in [5.41, 5.74) is 5.85. The monoisotopic (exact) mass is 595 g/mol. The number of rotatable bonds is 13. The molecule has 3 aliphatic heterocycles. The Morgan fingerprint density at radius 2 is 2.00 bits per heavy atom. The van der Waals surface area contributed by atoms with Gasteiger partial charge in [0.2, 0.25) is 11.8 Å². The molecule has 2 N–H and O–H groups in total. The molecule has 238 valence electrons. The van der Waals surface area contributed by atoms with E-state index in [0.29, 0.717) is 38.6 Å². The fourth-order valence-corrected chi connectivity index (χ4v) is 7.29. The number of amidine groups is 1. The van der Waals surface area contributed by atoms with Crippen molar-refractivity contribution in [2.75, 3.05) is 50.8 Å². The average molecular weight is 596 g/mol. The van der Waals surface area contributed by atoms with Gasteiger partial charge in [-0.2, -0.15) is 5.10 Å². The number of hydrogen-bond donors (Lipinski definition) is 2. The van der Waals surface area contributed by atoms with Crippen LogP contribution in [0.3, 0.4) is 0 Å². The number of amides is 2. The molecule has 4 unspecified atom stereocenters. The number of piperazine rings is 1. The van der Waals surface area contributed by atoms with Crippen molar-refractivity contribution in [1.82, 2.24) is 25.4 Å². The van der Waals surface area contributed by atoms with Crippen LogP contribution in [0.1, 0.15) is 77.7 Å². The summed E-state index contributed by atoms with van der Waals surface area (Å²) < 4.78 is 5.73. The van der Waals surface area contributed by atoms with Crippen LogP contribution in [0.15, 0.2) is 29.4 Å². The second-order valence-electron chi connectivity index (χ2n) is 13.1. The average Bonchev–Trinajstić information content (AvgIpc) is 3.42. The third-order valence-corrected chi connectivity index (χ3v) is 9.44. The Balaban J connectivity index is 1.04. The number of hydrazone groups is 1. The van der Waals surface area contributed by atoms with Crippen LogP contribution in [-0.2, 0) is 14.3 Å². The molecule has 0 spiro atoms. The normalized spacial score (nSPS) is 25.8. The van der Waals surface area contributed by atoms with Gasteiger partial charge >= 0.3 is 0 Å². The first-order chi connectivity index (χ1) is 20.8. The van der Waals surface area contributed by atoms with Crippen molar-refractivity contribution < 1.29 is 14.3 Å². The van der Waals surface area contributed by atoms with Gasteiger partial charge in [-0.1, -0.05) is 25.0 Å². The van der Waals surface area contributed by atoms with Gasteiger partial charge in [-0.25, -0.2) is 0 Å². The molecule has 0 radical (unpaired) electrons. The van der Waals surface area contributed by atoms with Gasteiger partial charge in [-0.3, -0.25) is 19.9 Å². The Hall–Kier alpha value is -2.85. The minimum atomic E-state index is -0.252. The lowest BCUT2D eigenvalue weighted by atomic mass is 9.80. The zero-order valence-corrected chi connectivity index (χ0v) is 26.8. The smallest absolute Gasteiger partial charge is 0.230 e. The molecule has 4 atom stereocenters. The Morgan fingerprint density at radius 1 is 1.16 bits per heavy atom. The Labute approximate surface area is 258 Å². The molecule has 2 saturated heterocycles. The maximum atomic E-state index is 13.5. The van der Waals surface area contributed by atoms with Gasteiger partial charge in [0.1, 0.15) is 5.84 Å². The number of anilines is 1. The summed E-state index contributed by atoms with van der Waals surface area (Å²) in [7, 11) is 0. The van der Waals surface area contributed by atoms with Crippen molar-refractivity contribution >= 4 is 23.3 Å². The number of nitrogens with one attached hydrogen (secondary N) is 2. The molecule has 5 rings (SSSR count). The fourth-order valence-electron chi connectivity index (χ4n) is 7.29. The number of hydrogen-bond acceptors (Lipinski definition) is 8. The van der Waals surface area contributed by atoms with Gasteiger partial charge in [0.05, 0.1) is 12.0 Å². The highest BCUT2D eigenvalue weighted by Gasteiger charge is 2.50. The number of nitrogens with zero attached hydrogens (tertiary/aromatic N) is 5. The van der Waals surface area contributed by atoms with E-state index in [4.69, 9.17) is 4.74 Å². The molecular weight excluding hydrogens is 542 g/mol. The van der Waals surface area contributed by atoms with Crippen molar-refractivity contribution in [3.63, 3.8) is 0 Å². The molecule has 1 aliphatic carbocycles. The summed E-state index contributed by atoms with van der Waals surface area (Å²) in [6.07, 6.45) is 6.82. The van der Waals surface area contributed by atoms with Gasteiger partial charge in [0, 0.05) is 69.9 Å². The minimum Gasteiger partial charge on any atom is -0.379 e. The summed E-state index contributed by atoms with van der Waals surface area (Å²) in [4.78, 5) is 35.6. The molecule has 0 aromatic heterocycles. The van der Waals surface area contributed by atoms with Gasteiger partial charge < -0.3 is 24.8 Å². The second kappa shape index (κ2) is 14.8. The van der Waals surface area contributed by atoms with Crippen molar-refractivity contribution in [1.29, 1.82) is 0 Å². The number of carbonyl (C=O) groups excluding carboxylic acids is 2. The lowest BCUT2D eigenvalue weighted by Gasteiger charge is -2.50. The summed E-state index contributed by atoms with van der Waals surface area (Å²) in [5.74, 6) is 1.23. The predicted molar refractivity (Wildman–Crippen MR) is 171 cm³/mol. The molecule has 3 fully saturated rings. The number of aryl methyl sites for hydroxylation is 1. The zero-order valence-electron chi connectivity index (χ0n) is 26.8. The van der Waals surface area contributed by atoms with E-state index >= 15 is 0 Å². The van der Waals surface area contributed by atoms with Crippen LogP contribution in [0.5, 0.6) is 0 Å². The van der Waals surface area contributed by atoms with Crippen molar-refractivity contribution in [2.24, 2.45) is 11.0 Å². The van der Waals surface area contributed by atoms with E-state index in [2.05, 4.69) is 68.7 Å². The minimum absolute atomic E-state index is 0.0105. The molecule has 0 bridgehead atoms. The first kappa shape index (κ1) is 31.6. The lowest BCUT2D eigenvalue weighted by molar-refractivity contribution is -0.155. The first-order valence-corrected chi connectivity index (χ1v) is 16.7. The molecule has 2 amide bonds. The van der Waals surface area contributed by atoms with Crippen LogP contribution >= 0.6 is 0 Å². The molecule has 4 aliphatic rings. The summed E-state index contributed by atoms with van der Waals surface area (Å²) >= 11 is 0. The van der Waals surface area contributed by atoms with Crippen LogP contribution in [0.25, 0.3) is 0 Å². The van der Waals surface area contributed by atoms with E-state index in [1.165, 1.54) is 11.3 Å². The number of ether oxygens (including phenoxy) is 1. The van der Waals surface area contributed by atoms with E-state index in [0.717, 1.165) is 70.5 Å². The number of carbonyl (C=O) groups is 2. The van der Waals surface area contributed by atoms with E-state index in [9.17, 15) is 9.59 Å². The third-order valence-electron chi connectivity index (χ3n) is 9.44. The molecule has 43 heavy (non-hydrogen) atoms. The maximum absolute atomic E-state index is 13.5. The van der Waals surface area contributed by atoms with Crippen LogP contribution in [0.4, 0.5) is 5.69 Å². The van der Waals surface area contributed by atoms with Crippen LogP contribution in [-0.4, -0.2) is 103 Å².